The molecule has 0 radical (unpaired) electrons. The molecule has 0 N–H and O–H groups in total. The van der Waals surface area contributed by atoms with Gasteiger partial charge in [0.15, 0.2) is 0 Å². The van der Waals surface area contributed by atoms with Crippen molar-refractivity contribution >= 4 is 0 Å². The van der Waals surface area contributed by atoms with Gasteiger partial charge in [-0.3, -0.25) is 4.90 Å². The van der Waals surface area contributed by atoms with Gasteiger partial charge in [-0.1, -0.05) is 36.4 Å². The normalized spacial score (nSPS) is 17.7. The third kappa shape index (κ3) is 4.29. The van der Waals surface area contributed by atoms with Gasteiger partial charge in [-0.25, -0.2) is 4.98 Å². The van der Waals surface area contributed by atoms with Gasteiger partial charge in [-0.2, -0.15) is 0 Å². The first kappa shape index (κ1) is 18.0. The minimum atomic E-state index is 0.534. The summed E-state index contributed by atoms with van der Waals surface area (Å²) >= 11 is 0. The lowest BCUT2D eigenvalue weighted by Gasteiger charge is -2.25. The van der Waals surface area contributed by atoms with Gasteiger partial charge < -0.3 is 9.47 Å². The standard InChI is InChI=1S/C23H28N4/c1-25(2)16-19-5-9-21(10-6-19)23-4-3-14-26(23)17-20-7-11-22(12-8-20)27-15-13-24-18-27/h5-13,15,18,23H,3-4,14,16-17H2,1-2H3/t23-/m1/s1. The molecular formula is C23H28N4. The second kappa shape index (κ2) is 8.07. The van der Waals surface area contributed by atoms with Crippen LogP contribution in [-0.4, -0.2) is 40.0 Å². The summed E-state index contributed by atoms with van der Waals surface area (Å²) in [5.74, 6) is 0. The van der Waals surface area contributed by atoms with Gasteiger partial charge in [0.05, 0.1) is 6.33 Å². The van der Waals surface area contributed by atoms with Crippen molar-refractivity contribution in [1.29, 1.82) is 0 Å². The lowest BCUT2D eigenvalue weighted by molar-refractivity contribution is 0.248. The molecule has 27 heavy (non-hydrogen) atoms. The molecule has 3 aromatic rings. The molecular weight excluding hydrogens is 332 g/mol. The molecule has 1 atom stereocenters. The molecule has 1 aliphatic heterocycles. The molecule has 0 bridgehead atoms. The van der Waals surface area contributed by atoms with E-state index < -0.39 is 0 Å². The van der Waals surface area contributed by atoms with Crippen molar-refractivity contribution in [2.75, 3.05) is 20.6 Å². The van der Waals surface area contributed by atoms with E-state index >= 15 is 0 Å². The molecule has 140 valence electrons. The highest BCUT2D eigenvalue weighted by molar-refractivity contribution is 5.35. The predicted octanol–water partition coefficient (Wildman–Crippen LogP) is 4.27. The minimum Gasteiger partial charge on any atom is -0.306 e. The molecule has 2 aromatic carbocycles. The fourth-order valence-corrected chi connectivity index (χ4v) is 4.02. The van der Waals surface area contributed by atoms with Crippen LogP contribution in [0.5, 0.6) is 0 Å². The Kier molecular flexibility index (Phi) is 5.37. The maximum atomic E-state index is 4.12. The smallest absolute Gasteiger partial charge is 0.0991 e. The molecule has 1 aliphatic rings. The summed E-state index contributed by atoms with van der Waals surface area (Å²) in [4.78, 5) is 8.95. The average Bonchev–Trinajstić information content (AvgIpc) is 3.35. The van der Waals surface area contributed by atoms with Crippen LogP contribution < -0.4 is 0 Å². The van der Waals surface area contributed by atoms with Crippen molar-refractivity contribution in [2.45, 2.75) is 32.0 Å². The third-order valence-corrected chi connectivity index (χ3v) is 5.35. The first-order chi connectivity index (χ1) is 13.2. The second-order valence-corrected chi connectivity index (χ2v) is 7.74. The Labute approximate surface area is 162 Å². The van der Waals surface area contributed by atoms with Gasteiger partial charge in [0.25, 0.3) is 0 Å². The molecule has 0 amide bonds. The third-order valence-electron chi connectivity index (χ3n) is 5.35. The largest absolute Gasteiger partial charge is 0.306 e. The first-order valence-corrected chi connectivity index (χ1v) is 9.74. The van der Waals surface area contributed by atoms with E-state index in [1.165, 1.54) is 36.1 Å². The summed E-state index contributed by atoms with van der Waals surface area (Å²) < 4.78 is 2.04. The Bertz CT molecular complexity index is 835. The number of nitrogens with zero attached hydrogens (tertiary/aromatic N) is 4. The zero-order valence-corrected chi connectivity index (χ0v) is 16.3. The van der Waals surface area contributed by atoms with Crippen molar-refractivity contribution < 1.29 is 0 Å². The zero-order valence-electron chi connectivity index (χ0n) is 16.3. The first-order valence-electron chi connectivity index (χ1n) is 9.74. The fraction of sp³-hybridized carbons (Fsp3) is 0.348. The molecule has 4 nitrogen and oxygen atoms in total. The highest BCUT2D eigenvalue weighted by atomic mass is 15.2. The van der Waals surface area contributed by atoms with Crippen LogP contribution in [0, 0.1) is 0 Å². The maximum absolute atomic E-state index is 4.12. The number of hydrogen-bond donors (Lipinski definition) is 0. The summed E-state index contributed by atoms with van der Waals surface area (Å²) in [5.41, 5.74) is 5.36. The fourth-order valence-electron chi connectivity index (χ4n) is 4.02. The number of likely N-dealkylation sites (tertiary alicyclic amines) is 1. The molecule has 0 saturated carbocycles. The van der Waals surface area contributed by atoms with Crippen molar-refractivity contribution in [1.82, 2.24) is 19.4 Å². The summed E-state index contributed by atoms with van der Waals surface area (Å²) in [6.07, 6.45) is 8.15. The van der Waals surface area contributed by atoms with E-state index in [1.807, 2.05) is 23.3 Å². The molecule has 0 aliphatic carbocycles. The predicted molar refractivity (Wildman–Crippen MR) is 110 cm³/mol. The van der Waals surface area contributed by atoms with Crippen LogP contribution in [0.3, 0.4) is 0 Å². The summed E-state index contributed by atoms with van der Waals surface area (Å²) in [5, 5.41) is 0. The van der Waals surface area contributed by atoms with Crippen LogP contribution in [0.1, 0.15) is 35.6 Å². The Morgan fingerprint density at radius 2 is 1.74 bits per heavy atom. The minimum absolute atomic E-state index is 0.534. The summed E-state index contributed by atoms with van der Waals surface area (Å²) in [6.45, 7) is 3.18. The Morgan fingerprint density at radius 3 is 2.41 bits per heavy atom. The van der Waals surface area contributed by atoms with Crippen molar-refractivity contribution in [3.63, 3.8) is 0 Å². The van der Waals surface area contributed by atoms with E-state index in [2.05, 4.69) is 77.4 Å². The van der Waals surface area contributed by atoms with Gasteiger partial charge in [0, 0.05) is 37.2 Å². The van der Waals surface area contributed by atoms with E-state index in [9.17, 15) is 0 Å². The maximum Gasteiger partial charge on any atom is 0.0991 e. The molecule has 2 heterocycles. The van der Waals surface area contributed by atoms with Crippen molar-refractivity contribution in [3.05, 3.63) is 83.9 Å². The number of rotatable bonds is 6. The zero-order chi connectivity index (χ0) is 18.6. The van der Waals surface area contributed by atoms with Crippen LogP contribution >= 0.6 is 0 Å². The van der Waals surface area contributed by atoms with Gasteiger partial charge in [0.1, 0.15) is 0 Å². The molecule has 0 spiro atoms. The second-order valence-electron chi connectivity index (χ2n) is 7.74. The van der Waals surface area contributed by atoms with Gasteiger partial charge in [0.2, 0.25) is 0 Å². The van der Waals surface area contributed by atoms with Crippen LogP contribution in [0.2, 0.25) is 0 Å². The lowest BCUT2D eigenvalue weighted by atomic mass is 10.0. The number of imidazole rings is 1. The Morgan fingerprint density at radius 1 is 1.00 bits per heavy atom. The quantitative estimate of drug-likeness (QED) is 0.656. The number of aromatic nitrogens is 2. The average molecular weight is 361 g/mol. The Hall–Kier alpha value is -2.43. The Balaban J connectivity index is 1.44. The van der Waals surface area contributed by atoms with E-state index in [-0.39, 0.29) is 0 Å². The van der Waals surface area contributed by atoms with Gasteiger partial charge >= 0.3 is 0 Å². The lowest BCUT2D eigenvalue weighted by Crippen LogP contribution is -2.22. The molecule has 4 heteroatoms. The number of benzene rings is 2. The van der Waals surface area contributed by atoms with Crippen LogP contribution in [0.15, 0.2) is 67.3 Å². The van der Waals surface area contributed by atoms with Gasteiger partial charge in [-0.15, -0.1) is 0 Å². The van der Waals surface area contributed by atoms with E-state index in [4.69, 9.17) is 0 Å². The molecule has 1 fully saturated rings. The number of hydrogen-bond acceptors (Lipinski definition) is 3. The summed E-state index contributed by atoms with van der Waals surface area (Å²) in [6, 6.07) is 18.6. The monoisotopic (exact) mass is 360 g/mol. The van der Waals surface area contributed by atoms with Crippen LogP contribution in [-0.2, 0) is 13.1 Å². The SMILES string of the molecule is CN(C)Cc1ccc([C@H]2CCCN2Cc2ccc(-n3ccnc3)cc2)cc1. The molecule has 4 rings (SSSR count). The van der Waals surface area contributed by atoms with Gasteiger partial charge in [-0.05, 0) is 62.3 Å². The van der Waals surface area contributed by atoms with Crippen LogP contribution in [0.25, 0.3) is 5.69 Å². The highest BCUT2D eigenvalue weighted by Crippen LogP contribution is 2.33. The van der Waals surface area contributed by atoms with E-state index in [0.717, 1.165) is 18.8 Å². The topological polar surface area (TPSA) is 24.3 Å². The van der Waals surface area contributed by atoms with Crippen LogP contribution in [0.4, 0.5) is 0 Å². The molecule has 1 aromatic heterocycles. The molecule has 1 saturated heterocycles. The van der Waals surface area contributed by atoms with Crippen molar-refractivity contribution in [2.24, 2.45) is 0 Å². The van der Waals surface area contributed by atoms with E-state index in [0.29, 0.717) is 6.04 Å². The summed E-state index contributed by atoms with van der Waals surface area (Å²) in [7, 11) is 4.23. The van der Waals surface area contributed by atoms with Crippen molar-refractivity contribution in [3.8, 4) is 5.69 Å². The molecule has 0 unspecified atom stereocenters. The highest BCUT2D eigenvalue weighted by Gasteiger charge is 2.25. The van der Waals surface area contributed by atoms with E-state index in [1.54, 1.807) is 0 Å².